The zero-order valence-corrected chi connectivity index (χ0v) is 9.77. The van der Waals surface area contributed by atoms with Gasteiger partial charge in [-0.05, 0) is 6.07 Å². The molecule has 0 aliphatic heterocycles. The van der Waals surface area contributed by atoms with Crippen LogP contribution in [0.15, 0.2) is 24.4 Å². The average Bonchev–Trinajstić information content (AvgIpc) is 2.76. The third kappa shape index (κ3) is 2.52. The lowest BCUT2D eigenvalue weighted by molar-refractivity contribution is 0.462. The van der Waals surface area contributed by atoms with Crippen LogP contribution in [0.3, 0.4) is 0 Å². The zero-order valence-electron chi connectivity index (χ0n) is 9.77. The Labute approximate surface area is 103 Å². The van der Waals surface area contributed by atoms with Crippen LogP contribution in [0.2, 0.25) is 0 Å². The van der Waals surface area contributed by atoms with Crippen LogP contribution in [0.25, 0.3) is 0 Å². The summed E-state index contributed by atoms with van der Waals surface area (Å²) in [6.07, 6.45) is 2.02. The van der Waals surface area contributed by atoms with Gasteiger partial charge in [0.1, 0.15) is 0 Å². The summed E-state index contributed by atoms with van der Waals surface area (Å²) in [7, 11) is 1.73. The highest BCUT2D eigenvalue weighted by Crippen LogP contribution is 2.21. The van der Waals surface area contributed by atoms with Gasteiger partial charge in [0, 0.05) is 25.2 Å². The number of aryl methyl sites for hydroxylation is 1. The first kappa shape index (κ1) is 12.6. The molecule has 5 nitrogen and oxygen atoms in total. The number of rotatable bonds is 4. The van der Waals surface area contributed by atoms with Gasteiger partial charge < -0.3 is 0 Å². The molecule has 0 saturated carbocycles. The molecule has 2 aromatic rings. The Hall–Kier alpha value is -1.86. The third-order valence-electron chi connectivity index (χ3n) is 2.62. The van der Waals surface area contributed by atoms with Gasteiger partial charge in [0.25, 0.3) is 0 Å². The number of nitrogens with one attached hydrogen (secondary N) is 1. The van der Waals surface area contributed by atoms with E-state index in [0.29, 0.717) is 12.1 Å². The minimum Gasteiger partial charge on any atom is -0.271 e. The molecule has 0 fully saturated rings. The Morgan fingerprint density at radius 1 is 1.44 bits per heavy atom. The Kier molecular flexibility index (Phi) is 3.63. The molecule has 7 heteroatoms. The number of hydrazine groups is 1. The average molecular weight is 253 g/mol. The van der Waals surface area contributed by atoms with Crippen molar-refractivity contribution in [1.29, 1.82) is 0 Å². The Balaban J connectivity index is 2.25. The van der Waals surface area contributed by atoms with E-state index in [-0.39, 0.29) is 5.56 Å². The highest BCUT2D eigenvalue weighted by molar-refractivity contribution is 5.23. The van der Waals surface area contributed by atoms with Gasteiger partial charge >= 0.3 is 0 Å². The minimum atomic E-state index is -0.899. The molecule has 3 N–H and O–H groups in total. The Morgan fingerprint density at radius 3 is 2.83 bits per heavy atom. The second kappa shape index (κ2) is 5.19. The smallest absolute Gasteiger partial charge is 0.163 e. The molecule has 0 radical (unpaired) electrons. The summed E-state index contributed by atoms with van der Waals surface area (Å²) >= 11 is 0. The largest absolute Gasteiger partial charge is 0.271 e. The lowest BCUT2D eigenvalue weighted by Gasteiger charge is -2.15. The van der Waals surface area contributed by atoms with Gasteiger partial charge in [0.2, 0.25) is 0 Å². The van der Waals surface area contributed by atoms with Crippen LogP contribution in [-0.4, -0.2) is 15.0 Å². The van der Waals surface area contributed by atoms with E-state index < -0.39 is 17.7 Å². The molecule has 0 aliphatic rings. The number of halogens is 2. The summed E-state index contributed by atoms with van der Waals surface area (Å²) < 4.78 is 28.3. The van der Waals surface area contributed by atoms with Gasteiger partial charge in [-0.1, -0.05) is 17.3 Å². The van der Waals surface area contributed by atoms with Gasteiger partial charge in [0.05, 0.1) is 11.7 Å². The molecule has 0 amide bonds. The van der Waals surface area contributed by atoms with E-state index in [9.17, 15) is 8.78 Å². The van der Waals surface area contributed by atoms with Gasteiger partial charge in [-0.25, -0.2) is 8.78 Å². The molecule has 0 spiro atoms. The van der Waals surface area contributed by atoms with Crippen LogP contribution in [0.1, 0.15) is 17.3 Å². The molecule has 1 aromatic carbocycles. The van der Waals surface area contributed by atoms with Crippen LogP contribution < -0.4 is 11.3 Å². The van der Waals surface area contributed by atoms with Crippen molar-refractivity contribution in [2.24, 2.45) is 12.9 Å². The molecule has 1 unspecified atom stereocenters. The van der Waals surface area contributed by atoms with E-state index in [0.717, 1.165) is 6.07 Å². The third-order valence-corrected chi connectivity index (χ3v) is 2.62. The highest BCUT2D eigenvalue weighted by atomic mass is 19.2. The maximum absolute atomic E-state index is 13.6. The van der Waals surface area contributed by atoms with E-state index in [2.05, 4.69) is 15.7 Å². The SMILES string of the molecule is Cn1cc(CC(NN)c2cccc(F)c2F)nn1. The summed E-state index contributed by atoms with van der Waals surface area (Å²) in [6, 6.07) is 3.43. The van der Waals surface area contributed by atoms with Crippen molar-refractivity contribution in [1.82, 2.24) is 20.4 Å². The molecule has 0 bridgehead atoms. The van der Waals surface area contributed by atoms with E-state index in [4.69, 9.17) is 5.84 Å². The van der Waals surface area contributed by atoms with Gasteiger partial charge in [-0.3, -0.25) is 16.0 Å². The quantitative estimate of drug-likeness (QED) is 0.626. The van der Waals surface area contributed by atoms with Gasteiger partial charge in [-0.15, -0.1) is 5.10 Å². The number of hydrogen-bond acceptors (Lipinski definition) is 4. The first-order chi connectivity index (χ1) is 8.61. The number of hydrogen-bond donors (Lipinski definition) is 2. The van der Waals surface area contributed by atoms with Crippen molar-refractivity contribution < 1.29 is 8.78 Å². The number of nitrogens with two attached hydrogens (primary N) is 1. The standard InChI is InChI=1S/C11H13F2N5/c1-18-6-7(16-17-18)5-10(15-14)8-3-2-4-9(12)11(8)13/h2-4,6,10,15H,5,14H2,1H3. The van der Waals surface area contributed by atoms with E-state index in [1.165, 1.54) is 16.8 Å². The molecule has 0 aliphatic carbocycles. The Morgan fingerprint density at radius 2 is 2.22 bits per heavy atom. The van der Waals surface area contributed by atoms with Crippen molar-refractivity contribution >= 4 is 0 Å². The lowest BCUT2D eigenvalue weighted by Crippen LogP contribution is -2.30. The second-order valence-corrected chi connectivity index (χ2v) is 3.95. The summed E-state index contributed by atoms with van der Waals surface area (Å²) in [4.78, 5) is 0. The van der Waals surface area contributed by atoms with E-state index in [1.807, 2.05) is 0 Å². The van der Waals surface area contributed by atoms with Crippen LogP contribution in [-0.2, 0) is 13.5 Å². The molecular weight excluding hydrogens is 240 g/mol. The summed E-state index contributed by atoms with van der Waals surface area (Å²) in [5, 5.41) is 7.65. The monoisotopic (exact) mass is 253 g/mol. The summed E-state index contributed by atoms with van der Waals surface area (Å²) in [5.41, 5.74) is 3.27. The number of aromatic nitrogens is 3. The summed E-state index contributed by atoms with van der Waals surface area (Å²) in [5.74, 6) is 3.59. The van der Waals surface area contributed by atoms with Crippen LogP contribution in [0.4, 0.5) is 8.78 Å². The van der Waals surface area contributed by atoms with Crippen LogP contribution in [0.5, 0.6) is 0 Å². The first-order valence-electron chi connectivity index (χ1n) is 5.37. The number of benzene rings is 1. The topological polar surface area (TPSA) is 68.8 Å². The minimum absolute atomic E-state index is 0.170. The van der Waals surface area contributed by atoms with Crippen molar-refractivity contribution in [3.63, 3.8) is 0 Å². The molecule has 1 atom stereocenters. The molecular formula is C11H13F2N5. The van der Waals surface area contributed by atoms with Crippen molar-refractivity contribution in [3.05, 3.63) is 47.3 Å². The lowest BCUT2D eigenvalue weighted by atomic mass is 10.0. The summed E-state index contributed by atoms with van der Waals surface area (Å²) in [6.45, 7) is 0. The van der Waals surface area contributed by atoms with Crippen molar-refractivity contribution in [2.75, 3.05) is 0 Å². The molecule has 2 rings (SSSR count). The normalized spacial score (nSPS) is 12.7. The second-order valence-electron chi connectivity index (χ2n) is 3.95. The maximum Gasteiger partial charge on any atom is 0.163 e. The fraction of sp³-hybridized carbons (Fsp3) is 0.273. The zero-order chi connectivity index (χ0) is 13.1. The predicted octanol–water partition coefficient (Wildman–Crippen LogP) is 0.840. The molecule has 96 valence electrons. The fourth-order valence-electron chi connectivity index (χ4n) is 1.75. The molecule has 1 aromatic heterocycles. The highest BCUT2D eigenvalue weighted by Gasteiger charge is 2.18. The molecule has 0 saturated heterocycles. The fourth-order valence-corrected chi connectivity index (χ4v) is 1.75. The van der Waals surface area contributed by atoms with Gasteiger partial charge in [0.15, 0.2) is 11.6 Å². The predicted molar refractivity (Wildman–Crippen MR) is 61.1 cm³/mol. The van der Waals surface area contributed by atoms with Gasteiger partial charge in [-0.2, -0.15) is 0 Å². The maximum atomic E-state index is 13.6. The van der Waals surface area contributed by atoms with Crippen LogP contribution in [0, 0.1) is 11.6 Å². The molecule has 1 heterocycles. The first-order valence-corrected chi connectivity index (χ1v) is 5.37. The van der Waals surface area contributed by atoms with E-state index >= 15 is 0 Å². The number of nitrogens with zero attached hydrogens (tertiary/aromatic N) is 3. The van der Waals surface area contributed by atoms with Crippen molar-refractivity contribution in [2.45, 2.75) is 12.5 Å². The van der Waals surface area contributed by atoms with Crippen molar-refractivity contribution in [3.8, 4) is 0 Å². The van der Waals surface area contributed by atoms with E-state index in [1.54, 1.807) is 13.2 Å². The van der Waals surface area contributed by atoms with Crippen LogP contribution >= 0.6 is 0 Å². The Bertz CT molecular complexity index is 540. The molecule has 18 heavy (non-hydrogen) atoms.